The summed E-state index contributed by atoms with van der Waals surface area (Å²) in [5, 5.41) is 13.6. The zero-order chi connectivity index (χ0) is 15.4. The molecule has 0 fully saturated rings. The molecule has 7 nitrogen and oxygen atoms in total. The number of nitrogens with one attached hydrogen (secondary N) is 1. The SMILES string of the molecule is COc1cccc(C(=O)Nc2ccc(Br)cn2)c1[N+](=O)[O-]. The highest BCUT2D eigenvalue weighted by atomic mass is 79.9. The lowest BCUT2D eigenvalue weighted by Crippen LogP contribution is -2.15. The quantitative estimate of drug-likeness (QED) is 0.674. The monoisotopic (exact) mass is 351 g/mol. The average Bonchev–Trinajstić information content (AvgIpc) is 2.48. The van der Waals surface area contributed by atoms with Crippen LogP contribution in [0.1, 0.15) is 10.4 Å². The molecule has 1 N–H and O–H groups in total. The number of nitro groups is 1. The standard InChI is InChI=1S/C13H10BrN3O4/c1-21-10-4-2-3-9(12(10)17(19)20)13(18)16-11-6-5-8(14)7-15-11/h2-7H,1H3,(H,15,16,18). The van der Waals surface area contributed by atoms with E-state index in [2.05, 4.69) is 26.2 Å². The minimum atomic E-state index is -0.650. The number of nitro benzene ring substituents is 1. The number of hydrogen-bond donors (Lipinski definition) is 1. The van der Waals surface area contributed by atoms with Crippen LogP contribution in [0, 0.1) is 10.1 Å². The number of hydrogen-bond acceptors (Lipinski definition) is 5. The largest absolute Gasteiger partial charge is 0.490 e. The Morgan fingerprint density at radius 3 is 2.71 bits per heavy atom. The normalized spacial score (nSPS) is 10.0. The van der Waals surface area contributed by atoms with E-state index in [1.165, 1.54) is 31.5 Å². The van der Waals surface area contributed by atoms with Crippen LogP contribution in [-0.4, -0.2) is 22.9 Å². The highest BCUT2D eigenvalue weighted by molar-refractivity contribution is 9.10. The first-order valence-corrected chi connectivity index (χ1v) is 6.56. The van der Waals surface area contributed by atoms with E-state index in [1.807, 2.05) is 0 Å². The van der Waals surface area contributed by atoms with Crippen molar-refractivity contribution >= 4 is 33.3 Å². The Bertz CT molecular complexity index is 688. The summed E-state index contributed by atoms with van der Waals surface area (Å²) >= 11 is 3.23. The summed E-state index contributed by atoms with van der Waals surface area (Å²) in [6, 6.07) is 7.56. The van der Waals surface area contributed by atoms with Crippen LogP contribution in [-0.2, 0) is 0 Å². The maximum absolute atomic E-state index is 12.2. The number of amides is 1. The van der Waals surface area contributed by atoms with Crippen molar-refractivity contribution in [2.45, 2.75) is 0 Å². The molecule has 0 bridgehead atoms. The minimum Gasteiger partial charge on any atom is -0.490 e. The highest BCUT2D eigenvalue weighted by Crippen LogP contribution is 2.30. The Labute approximate surface area is 128 Å². The number of aromatic nitrogens is 1. The lowest BCUT2D eigenvalue weighted by Gasteiger charge is -2.07. The number of benzene rings is 1. The number of rotatable bonds is 4. The van der Waals surface area contributed by atoms with E-state index < -0.39 is 10.8 Å². The van der Waals surface area contributed by atoms with Crippen molar-refractivity contribution in [2.24, 2.45) is 0 Å². The van der Waals surface area contributed by atoms with Gasteiger partial charge in [0.2, 0.25) is 0 Å². The summed E-state index contributed by atoms with van der Waals surface area (Å²) in [6.45, 7) is 0. The number of para-hydroxylation sites is 1. The van der Waals surface area contributed by atoms with E-state index in [0.29, 0.717) is 5.82 Å². The minimum absolute atomic E-state index is 0.0245. The number of anilines is 1. The maximum atomic E-state index is 12.2. The Kier molecular flexibility index (Phi) is 4.49. The molecular weight excluding hydrogens is 342 g/mol. The molecule has 1 aromatic carbocycles. The second kappa shape index (κ2) is 6.31. The van der Waals surface area contributed by atoms with Gasteiger partial charge in [-0.15, -0.1) is 0 Å². The first kappa shape index (κ1) is 14.9. The topological polar surface area (TPSA) is 94.4 Å². The predicted octanol–water partition coefficient (Wildman–Crippen LogP) is 3.01. The van der Waals surface area contributed by atoms with Gasteiger partial charge >= 0.3 is 5.69 Å². The fourth-order valence-electron chi connectivity index (χ4n) is 1.69. The van der Waals surface area contributed by atoms with Gasteiger partial charge in [0.05, 0.1) is 12.0 Å². The molecule has 2 aromatic rings. The van der Waals surface area contributed by atoms with Crippen molar-refractivity contribution in [3.63, 3.8) is 0 Å². The molecule has 2 rings (SSSR count). The number of nitrogens with zero attached hydrogens (tertiary/aromatic N) is 2. The second-order valence-electron chi connectivity index (χ2n) is 3.93. The number of pyridine rings is 1. The van der Waals surface area contributed by atoms with Crippen LogP contribution in [0.4, 0.5) is 11.5 Å². The molecule has 0 aliphatic rings. The van der Waals surface area contributed by atoms with Gasteiger partial charge < -0.3 is 10.1 Å². The van der Waals surface area contributed by atoms with E-state index >= 15 is 0 Å². The molecule has 8 heteroatoms. The highest BCUT2D eigenvalue weighted by Gasteiger charge is 2.25. The fraction of sp³-hybridized carbons (Fsp3) is 0.0769. The molecule has 0 aliphatic carbocycles. The van der Waals surface area contributed by atoms with Crippen molar-refractivity contribution in [1.82, 2.24) is 4.98 Å². The van der Waals surface area contributed by atoms with Crippen molar-refractivity contribution in [3.8, 4) is 5.75 Å². The third-order valence-corrected chi connectivity index (χ3v) is 3.08. The summed E-state index contributed by atoms with van der Waals surface area (Å²) in [6.07, 6.45) is 1.51. The smallest absolute Gasteiger partial charge is 0.323 e. The lowest BCUT2D eigenvalue weighted by molar-refractivity contribution is -0.386. The van der Waals surface area contributed by atoms with Gasteiger partial charge in [-0.1, -0.05) is 6.07 Å². The predicted molar refractivity (Wildman–Crippen MR) is 79.5 cm³/mol. The fourth-order valence-corrected chi connectivity index (χ4v) is 1.93. The van der Waals surface area contributed by atoms with Crippen molar-refractivity contribution in [3.05, 3.63) is 56.7 Å². The average molecular weight is 352 g/mol. The molecular formula is C13H10BrN3O4. The van der Waals surface area contributed by atoms with Gasteiger partial charge in [0.15, 0.2) is 5.75 Å². The molecule has 1 aromatic heterocycles. The molecule has 0 unspecified atom stereocenters. The summed E-state index contributed by atoms with van der Waals surface area (Å²) in [5.74, 6) is -0.313. The summed E-state index contributed by atoms with van der Waals surface area (Å²) in [4.78, 5) is 26.6. The summed E-state index contributed by atoms with van der Waals surface area (Å²) in [7, 11) is 1.31. The first-order chi connectivity index (χ1) is 10.0. The molecule has 21 heavy (non-hydrogen) atoms. The molecule has 0 saturated carbocycles. The molecule has 0 atom stereocenters. The molecule has 0 radical (unpaired) electrons. The maximum Gasteiger partial charge on any atom is 0.323 e. The van der Waals surface area contributed by atoms with Crippen LogP contribution >= 0.6 is 15.9 Å². The number of methoxy groups -OCH3 is 1. The van der Waals surface area contributed by atoms with E-state index in [1.54, 1.807) is 12.1 Å². The van der Waals surface area contributed by atoms with E-state index in [-0.39, 0.29) is 17.0 Å². The van der Waals surface area contributed by atoms with Gasteiger partial charge in [-0.2, -0.15) is 0 Å². The van der Waals surface area contributed by atoms with Crippen LogP contribution in [0.2, 0.25) is 0 Å². The lowest BCUT2D eigenvalue weighted by atomic mass is 10.1. The molecule has 108 valence electrons. The Morgan fingerprint density at radius 1 is 1.38 bits per heavy atom. The third-order valence-electron chi connectivity index (χ3n) is 2.62. The van der Waals surface area contributed by atoms with Gasteiger partial charge in [-0.25, -0.2) is 4.98 Å². The Hall–Kier alpha value is -2.48. The van der Waals surface area contributed by atoms with Crippen LogP contribution in [0.25, 0.3) is 0 Å². The number of carbonyl (C=O) groups excluding carboxylic acids is 1. The van der Waals surface area contributed by atoms with E-state index in [4.69, 9.17) is 4.74 Å². The van der Waals surface area contributed by atoms with Crippen molar-refractivity contribution < 1.29 is 14.5 Å². The van der Waals surface area contributed by atoms with Crippen LogP contribution in [0.15, 0.2) is 41.0 Å². The molecule has 1 heterocycles. The Morgan fingerprint density at radius 2 is 2.14 bits per heavy atom. The van der Waals surface area contributed by atoms with E-state index in [0.717, 1.165) is 4.47 Å². The first-order valence-electron chi connectivity index (χ1n) is 5.77. The number of carbonyl (C=O) groups is 1. The number of halogens is 1. The van der Waals surface area contributed by atoms with Gasteiger partial charge in [0.1, 0.15) is 11.4 Å². The summed E-state index contributed by atoms with van der Waals surface area (Å²) in [5.41, 5.74) is -0.473. The van der Waals surface area contributed by atoms with Gasteiger partial charge in [0.25, 0.3) is 5.91 Å². The molecule has 0 saturated heterocycles. The third kappa shape index (κ3) is 3.34. The van der Waals surface area contributed by atoms with Crippen molar-refractivity contribution in [2.75, 3.05) is 12.4 Å². The number of ether oxygens (including phenoxy) is 1. The summed E-state index contributed by atoms with van der Waals surface area (Å²) < 4.78 is 5.68. The van der Waals surface area contributed by atoms with Crippen LogP contribution in [0.5, 0.6) is 5.75 Å². The van der Waals surface area contributed by atoms with E-state index in [9.17, 15) is 14.9 Å². The molecule has 0 aliphatic heterocycles. The molecule has 0 spiro atoms. The zero-order valence-electron chi connectivity index (χ0n) is 10.9. The van der Waals surface area contributed by atoms with Gasteiger partial charge in [0, 0.05) is 10.7 Å². The second-order valence-corrected chi connectivity index (χ2v) is 4.85. The molecule has 1 amide bonds. The van der Waals surface area contributed by atoms with Crippen LogP contribution < -0.4 is 10.1 Å². The zero-order valence-corrected chi connectivity index (χ0v) is 12.5. The van der Waals surface area contributed by atoms with Crippen molar-refractivity contribution in [1.29, 1.82) is 0 Å². The van der Waals surface area contributed by atoms with Gasteiger partial charge in [-0.3, -0.25) is 14.9 Å². The van der Waals surface area contributed by atoms with Gasteiger partial charge in [-0.05, 0) is 40.2 Å². The van der Waals surface area contributed by atoms with Crippen LogP contribution in [0.3, 0.4) is 0 Å². The Balaban J connectivity index is 2.35.